The summed E-state index contributed by atoms with van der Waals surface area (Å²) in [6.07, 6.45) is 6.98. The van der Waals surface area contributed by atoms with Gasteiger partial charge in [-0.3, -0.25) is 9.59 Å². The molecule has 30 heavy (non-hydrogen) atoms. The summed E-state index contributed by atoms with van der Waals surface area (Å²) >= 11 is 1.33. The molecule has 1 aromatic carbocycles. The van der Waals surface area contributed by atoms with Crippen LogP contribution in [0.15, 0.2) is 41.8 Å². The van der Waals surface area contributed by atoms with Gasteiger partial charge in [0.15, 0.2) is 6.61 Å². The third-order valence-electron chi connectivity index (χ3n) is 7.03. The fourth-order valence-electron chi connectivity index (χ4n) is 6.06. The fraction of sp³-hybridized carbons (Fsp3) is 0.458. The Labute approximate surface area is 179 Å². The van der Waals surface area contributed by atoms with Crippen molar-refractivity contribution < 1.29 is 19.1 Å². The first-order valence-electron chi connectivity index (χ1n) is 10.7. The van der Waals surface area contributed by atoms with Crippen LogP contribution in [-0.4, -0.2) is 24.3 Å². The lowest BCUT2D eigenvalue weighted by Gasteiger charge is -2.55. The number of thiophene rings is 1. The minimum atomic E-state index is -0.543. The average Bonchev–Trinajstić information content (AvgIpc) is 3.26. The molecule has 4 saturated carbocycles. The highest BCUT2D eigenvalue weighted by molar-refractivity contribution is 7.12. The predicted octanol–water partition coefficient (Wildman–Crippen LogP) is 4.94. The van der Waals surface area contributed by atoms with E-state index in [1.54, 1.807) is 36.4 Å². The monoisotopic (exact) mass is 423 g/mol. The number of ketones is 1. The van der Waals surface area contributed by atoms with Crippen LogP contribution in [0.1, 0.15) is 58.6 Å². The molecule has 0 unspecified atom stereocenters. The van der Waals surface area contributed by atoms with Gasteiger partial charge in [-0.15, -0.1) is 11.3 Å². The summed E-state index contributed by atoms with van der Waals surface area (Å²) in [4.78, 5) is 37.9. The van der Waals surface area contributed by atoms with E-state index in [-0.39, 0.29) is 23.7 Å². The highest BCUT2D eigenvalue weighted by Gasteiger charge is 2.54. The topological polar surface area (TPSA) is 72.5 Å². The highest BCUT2D eigenvalue weighted by Crippen LogP contribution is 2.60. The smallest absolute Gasteiger partial charge is 0.338 e. The van der Waals surface area contributed by atoms with E-state index >= 15 is 0 Å². The number of rotatable bonds is 6. The molecule has 0 spiro atoms. The lowest BCUT2D eigenvalue weighted by atomic mass is 9.49. The lowest BCUT2D eigenvalue weighted by Crippen LogP contribution is -2.51. The number of hydrogen-bond donors (Lipinski definition) is 1. The Morgan fingerprint density at radius 2 is 1.60 bits per heavy atom. The Balaban J connectivity index is 1.19. The van der Waals surface area contributed by atoms with E-state index in [9.17, 15) is 14.4 Å². The van der Waals surface area contributed by atoms with Gasteiger partial charge in [-0.25, -0.2) is 4.79 Å². The van der Waals surface area contributed by atoms with E-state index in [4.69, 9.17) is 4.74 Å². The molecule has 1 heterocycles. The van der Waals surface area contributed by atoms with Gasteiger partial charge in [0.1, 0.15) is 0 Å². The van der Waals surface area contributed by atoms with Crippen LogP contribution in [0.4, 0.5) is 5.69 Å². The molecule has 0 saturated heterocycles. The first-order valence-corrected chi connectivity index (χ1v) is 11.5. The number of benzene rings is 1. The lowest BCUT2D eigenvalue weighted by molar-refractivity contribution is -0.140. The second kappa shape index (κ2) is 7.65. The van der Waals surface area contributed by atoms with Gasteiger partial charge in [0.2, 0.25) is 11.7 Å². The number of nitrogens with one attached hydrogen (secondary N) is 1. The van der Waals surface area contributed by atoms with Crippen LogP contribution in [0.2, 0.25) is 0 Å². The van der Waals surface area contributed by atoms with Gasteiger partial charge in [0.25, 0.3) is 0 Å². The molecule has 4 aliphatic rings. The molecule has 4 aliphatic carbocycles. The number of esters is 1. The summed E-state index contributed by atoms with van der Waals surface area (Å²) in [5, 5.41) is 4.90. The summed E-state index contributed by atoms with van der Waals surface area (Å²) in [5.41, 5.74) is 0.859. The number of Topliss-reactive ketones (excluding diaryl/α,β-unsaturated/α-hetero) is 1. The molecule has 1 N–H and O–H groups in total. The van der Waals surface area contributed by atoms with E-state index in [1.807, 2.05) is 5.38 Å². The molecule has 6 rings (SSSR count). The zero-order valence-electron chi connectivity index (χ0n) is 16.8. The Kier molecular flexibility index (Phi) is 4.97. The third-order valence-corrected chi connectivity index (χ3v) is 7.94. The second-order valence-electron chi connectivity index (χ2n) is 9.21. The molecular weight excluding hydrogens is 398 g/mol. The Morgan fingerprint density at radius 3 is 2.17 bits per heavy atom. The zero-order chi connectivity index (χ0) is 20.7. The van der Waals surface area contributed by atoms with E-state index in [2.05, 4.69) is 5.32 Å². The van der Waals surface area contributed by atoms with E-state index in [0.29, 0.717) is 16.1 Å². The van der Waals surface area contributed by atoms with Crippen LogP contribution in [0, 0.1) is 23.2 Å². The predicted molar refractivity (Wildman–Crippen MR) is 115 cm³/mol. The maximum Gasteiger partial charge on any atom is 0.338 e. The Bertz CT molecular complexity index is 928. The minimum Gasteiger partial charge on any atom is -0.454 e. The molecule has 0 aliphatic heterocycles. The van der Waals surface area contributed by atoms with Crippen molar-refractivity contribution in [3.8, 4) is 0 Å². The van der Waals surface area contributed by atoms with E-state index in [0.717, 1.165) is 37.0 Å². The van der Waals surface area contributed by atoms with Gasteiger partial charge in [0.05, 0.1) is 15.9 Å². The van der Waals surface area contributed by atoms with Crippen LogP contribution in [-0.2, 0) is 9.53 Å². The van der Waals surface area contributed by atoms with Gasteiger partial charge < -0.3 is 10.1 Å². The van der Waals surface area contributed by atoms with Crippen LogP contribution in [0.3, 0.4) is 0 Å². The first kappa shape index (κ1) is 19.5. The van der Waals surface area contributed by atoms with Crippen molar-refractivity contribution in [3.05, 3.63) is 52.2 Å². The number of ether oxygens (including phenoxy) is 1. The minimum absolute atomic E-state index is 0.137. The molecule has 5 nitrogen and oxygen atoms in total. The maximum atomic E-state index is 13.1. The Morgan fingerprint density at radius 1 is 0.967 bits per heavy atom. The third kappa shape index (κ3) is 3.69. The molecule has 0 radical (unpaired) electrons. The number of anilines is 1. The molecular formula is C24H25NO4S. The molecule has 0 atom stereocenters. The second-order valence-corrected chi connectivity index (χ2v) is 10.2. The molecule has 6 heteroatoms. The van der Waals surface area contributed by atoms with Crippen LogP contribution < -0.4 is 5.32 Å². The summed E-state index contributed by atoms with van der Waals surface area (Å²) in [7, 11) is 0. The van der Waals surface area contributed by atoms with Crippen LogP contribution in [0.5, 0.6) is 0 Å². The molecule has 156 valence electrons. The summed E-state index contributed by atoms with van der Waals surface area (Å²) < 4.78 is 5.13. The van der Waals surface area contributed by atoms with Crippen molar-refractivity contribution >= 4 is 34.7 Å². The zero-order valence-corrected chi connectivity index (χ0v) is 17.6. The standard InChI is InChI=1S/C24H25NO4S/c26-20(21-2-1-7-30-21)14-29-22(27)18-3-5-19(6-4-18)25-23(28)24-11-15-8-16(12-24)10-17(9-15)13-24/h1-7,15-17H,8-14H2,(H,25,28). The van der Waals surface area contributed by atoms with Gasteiger partial charge in [-0.1, -0.05) is 6.07 Å². The van der Waals surface area contributed by atoms with Crippen molar-refractivity contribution in [1.29, 1.82) is 0 Å². The van der Waals surface area contributed by atoms with Crippen molar-refractivity contribution in [3.63, 3.8) is 0 Å². The quantitative estimate of drug-likeness (QED) is 0.527. The average molecular weight is 424 g/mol. The molecule has 1 aromatic heterocycles. The van der Waals surface area contributed by atoms with Gasteiger partial charge in [-0.2, -0.15) is 0 Å². The SMILES string of the molecule is O=C(OCC(=O)c1cccs1)c1ccc(NC(=O)C23CC4CC(CC(C4)C2)C3)cc1. The van der Waals surface area contributed by atoms with E-state index < -0.39 is 5.97 Å². The fourth-order valence-corrected chi connectivity index (χ4v) is 6.72. The first-order chi connectivity index (χ1) is 14.5. The maximum absolute atomic E-state index is 13.1. The van der Waals surface area contributed by atoms with E-state index in [1.165, 1.54) is 30.6 Å². The van der Waals surface area contributed by atoms with Gasteiger partial charge in [0, 0.05) is 5.69 Å². The van der Waals surface area contributed by atoms with Crippen LogP contribution >= 0.6 is 11.3 Å². The van der Waals surface area contributed by atoms with Crippen molar-refractivity contribution in [2.24, 2.45) is 23.2 Å². The summed E-state index contributed by atoms with van der Waals surface area (Å²) in [5.74, 6) is 1.54. The molecule has 4 fully saturated rings. The van der Waals surface area contributed by atoms with Gasteiger partial charge >= 0.3 is 5.97 Å². The highest BCUT2D eigenvalue weighted by atomic mass is 32.1. The summed E-state index contributed by atoms with van der Waals surface area (Å²) in [6.45, 7) is -0.274. The number of carbonyl (C=O) groups excluding carboxylic acids is 3. The van der Waals surface area contributed by atoms with Crippen molar-refractivity contribution in [1.82, 2.24) is 0 Å². The number of amides is 1. The number of hydrogen-bond acceptors (Lipinski definition) is 5. The normalized spacial score (nSPS) is 28.9. The molecule has 2 aromatic rings. The largest absolute Gasteiger partial charge is 0.454 e. The number of carbonyl (C=O) groups is 3. The Hall–Kier alpha value is -2.47. The van der Waals surface area contributed by atoms with Crippen molar-refractivity contribution in [2.75, 3.05) is 11.9 Å². The molecule has 4 bridgehead atoms. The van der Waals surface area contributed by atoms with Crippen LogP contribution in [0.25, 0.3) is 0 Å². The van der Waals surface area contributed by atoms with Gasteiger partial charge in [-0.05, 0) is 92.0 Å². The van der Waals surface area contributed by atoms with Crippen molar-refractivity contribution in [2.45, 2.75) is 38.5 Å². The molecule has 1 amide bonds. The summed E-state index contributed by atoms with van der Waals surface area (Å²) in [6, 6.07) is 10.2.